The summed E-state index contributed by atoms with van der Waals surface area (Å²) in [6, 6.07) is 9.85. The lowest BCUT2D eigenvalue weighted by Crippen LogP contribution is -2.44. The third-order valence-electron chi connectivity index (χ3n) is 4.92. The van der Waals surface area contributed by atoms with Gasteiger partial charge >= 0.3 is 5.97 Å². The van der Waals surface area contributed by atoms with Crippen LogP contribution in [0.25, 0.3) is 0 Å². The molecule has 0 bridgehead atoms. The van der Waals surface area contributed by atoms with Crippen molar-refractivity contribution < 1.29 is 19.1 Å². The van der Waals surface area contributed by atoms with Gasteiger partial charge in [-0.3, -0.25) is 14.4 Å². The SMILES string of the molecule is CC(C)(C)NC(=O)CC1(C(=O)OCC(=O)NCCc2ccccc2)CCCC1. The lowest BCUT2D eigenvalue weighted by molar-refractivity contribution is -0.160. The molecule has 28 heavy (non-hydrogen) atoms. The summed E-state index contributed by atoms with van der Waals surface area (Å²) in [5.41, 5.74) is -0.0198. The van der Waals surface area contributed by atoms with Gasteiger partial charge in [0.05, 0.1) is 5.41 Å². The summed E-state index contributed by atoms with van der Waals surface area (Å²) in [4.78, 5) is 37.0. The zero-order valence-corrected chi connectivity index (χ0v) is 17.2. The maximum absolute atomic E-state index is 12.7. The molecule has 6 heteroatoms. The standard InChI is InChI=1S/C22H32N2O4/c1-21(2,3)24-18(25)15-22(12-7-8-13-22)20(27)28-16-19(26)23-14-11-17-9-5-4-6-10-17/h4-6,9-10H,7-8,11-16H2,1-3H3,(H,23,26)(H,24,25). The number of nitrogens with one attached hydrogen (secondary N) is 2. The zero-order chi connectivity index (χ0) is 20.6. The molecule has 6 nitrogen and oxygen atoms in total. The molecule has 0 saturated heterocycles. The quantitative estimate of drug-likeness (QED) is 0.671. The van der Waals surface area contributed by atoms with E-state index in [4.69, 9.17) is 4.74 Å². The Balaban J connectivity index is 1.80. The molecule has 0 aromatic heterocycles. The van der Waals surface area contributed by atoms with Crippen LogP contribution in [-0.2, 0) is 25.5 Å². The summed E-state index contributed by atoms with van der Waals surface area (Å²) in [7, 11) is 0. The largest absolute Gasteiger partial charge is 0.455 e. The molecule has 2 N–H and O–H groups in total. The van der Waals surface area contributed by atoms with Crippen LogP contribution in [-0.4, -0.2) is 36.5 Å². The summed E-state index contributed by atoms with van der Waals surface area (Å²) < 4.78 is 5.29. The molecule has 0 unspecified atom stereocenters. The lowest BCUT2D eigenvalue weighted by atomic mass is 9.82. The van der Waals surface area contributed by atoms with E-state index in [-0.39, 0.29) is 30.4 Å². The predicted molar refractivity (Wildman–Crippen MR) is 108 cm³/mol. The molecular weight excluding hydrogens is 356 g/mol. The van der Waals surface area contributed by atoms with Gasteiger partial charge in [0.1, 0.15) is 0 Å². The highest BCUT2D eigenvalue weighted by atomic mass is 16.5. The Bertz CT molecular complexity index is 674. The molecule has 154 valence electrons. The number of benzene rings is 1. The number of rotatable bonds is 8. The number of hydrogen-bond acceptors (Lipinski definition) is 4. The minimum absolute atomic E-state index is 0.110. The number of esters is 1. The second kappa shape index (κ2) is 9.71. The Morgan fingerprint density at radius 3 is 2.29 bits per heavy atom. The fourth-order valence-corrected chi connectivity index (χ4v) is 3.60. The van der Waals surface area contributed by atoms with Crippen molar-refractivity contribution in [1.29, 1.82) is 0 Å². The maximum atomic E-state index is 12.7. The summed E-state index contributed by atoms with van der Waals surface area (Å²) in [6.07, 6.45) is 3.86. The first-order chi connectivity index (χ1) is 13.2. The van der Waals surface area contributed by atoms with Crippen LogP contribution in [0.2, 0.25) is 0 Å². The molecule has 0 heterocycles. The van der Waals surface area contributed by atoms with Gasteiger partial charge in [0.15, 0.2) is 6.61 Å². The Kier molecular flexibility index (Phi) is 7.61. The fraction of sp³-hybridized carbons (Fsp3) is 0.591. The topological polar surface area (TPSA) is 84.5 Å². The van der Waals surface area contributed by atoms with Gasteiger partial charge in [-0.05, 0) is 45.6 Å². The van der Waals surface area contributed by atoms with E-state index >= 15 is 0 Å². The molecule has 0 aliphatic heterocycles. The fourth-order valence-electron chi connectivity index (χ4n) is 3.60. The molecule has 0 atom stereocenters. The van der Waals surface area contributed by atoms with Crippen LogP contribution < -0.4 is 10.6 Å². The van der Waals surface area contributed by atoms with Crippen molar-refractivity contribution in [2.24, 2.45) is 5.41 Å². The molecule has 2 rings (SSSR count). The minimum Gasteiger partial charge on any atom is -0.455 e. The molecule has 0 spiro atoms. The van der Waals surface area contributed by atoms with Crippen molar-refractivity contribution in [3.8, 4) is 0 Å². The van der Waals surface area contributed by atoms with Gasteiger partial charge in [-0.1, -0.05) is 43.2 Å². The van der Waals surface area contributed by atoms with E-state index in [1.54, 1.807) is 0 Å². The zero-order valence-electron chi connectivity index (χ0n) is 17.2. The highest BCUT2D eigenvalue weighted by Crippen LogP contribution is 2.42. The van der Waals surface area contributed by atoms with E-state index in [0.29, 0.717) is 19.4 Å². The second-order valence-electron chi connectivity index (χ2n) is 8.62. The summed E-state index contributed by atoms with van der Waals surface area (Å²) in [5.74, 6) is -0.914. The van der Waals surface area contributed by atoms with Gasteiger partial charge in [-0.25, -0.2) is 0 Å². The van der Waals surface area contributed by atoms with Crippen LogP contribution in [0.4, 0.5) is 0 Å². The molecule has 0 radical (unpaired) electrons. The molecule has 1 aliphatic rings. The molecular formula is C22H32N2O4. The monoisotopic (exact) mass is 388 g/mol. The highest BCUT2D eigenvalue weighted by Gasteiger charge is 2.44. The molecule has 1 fully saturated rings. The normalized spacial score (nSPS) is 15.7. The van der Waals surface area contributed by atoms with E-state index in [1.807, 2.05) is 51.1 Å². The lowest BCUT2D eigenvalue weighted by Gasteiger charge is -2.28. The van der Waals surface area contributed by atoms with Crippen molar-refractivity contribution in [3.63, 3.8) is 0 Å². The first-order valence-electron chi connectivity index (χ1n) is 9.99. The Morgan fingerprint density at radius 2 is 1.68 bits per heavy atom. The number of carbonyl (C=O) groups excluding carboxylic acids is 3. The van der Waals surface area contributed by atoms with Crippen molar-refractivity contribution in [3.05, 3.63) is 35.9 Å². The molecule has 1 aliphatic carbocycles. The van der Waals surface area contributed by atoms with Crippen LogP contribution >= 0.6 is 0 Å². The third kappa shape index (κ3) is 6.98. The first kappa shape index (κ1) is 21.9. The Hall–Kier alpha value is -2.37. The maximum Gasteiger partial charge on any atom is 0.313 e. The average Bonchev–Trinajstić information content (AvgIpc) is 3.08. The van der Waals surface area contributed by atoms with Gasteiger partial charge in [0.2, 0.25) is 5.91 Å². The smallest absolute Gasteiger partial charge is 0.313 e. The Morgan fingerprint density at radius 1 is 1.04 bits per heavy atom. The number of ether oxygens (including phenoxy) is 1. The Labute approximate surface area is 167 Å². The van der Waals surface area contributed by atoms with Crippen LogP contribution in [0.3, 0.4) is 0 Å². The van der Waals surface area contributed by atoms with Gasteiger partial charge in [0.25, 0.3) is 5.91 Å². The van der Waals surface area contributed by atoms with Gasteiger partial charge < -0.3 is 15.4 Å². The minimum atomic E-state index is -0.806. The van der Waals surface area contributed by atoms with Crippen LogP contribution in [0.1, 0.15) is 58.4 Å². The predicted octanol–water partition coefficient (Wildman–Crippen LogP) is 2.75. The van der Waals surface area contributed by atoms with Gasteiger partial charge in [-0.2, -0.15) is 0 Å². The van der Waals surface area contributed by atoms with Crippen LogP contribution in [0, 0.1) is 5.41 Å². The second-order valence-corrected chi connectivity index (χ2v) is 8.62. The molecule has 1 aromatic carbocycles. The summed E-state index contributed by atoms with van der Waals surface area (Å²) in [5, 5.41) is 5.67. The third-order valence-corrected chi connectivity index (χ3v) is 4.92. The van der Waals surface area contributed by atoms with E-state index in [2.05, 4.69) is 10.6 Å². The molecule has 1 saturated carbocycles. The van der Waals surface area contributed by atoms with E-state index in [9.17, 15) is 14.4 Å². The van der Waals surface area contributed by atoms with Crippen LogP contribution in [0.15, 0.2) is 30.3 Å². The van der Waals surface area contributed by atoms with Gasteiger partial charge in [-0.15, -0.1) is 0 Å². The van der Waals surface area contributed by atoms with Gasteiger partial charge in [0, 0.05) is 18.5 Å². The summed E-state index contributed by atoms with van der Waals surface area (Å²) >= 11 is 0. The van der Waals surface area contributed by atoms with E-state index < -0.39 is 11.4 Å². The van der Waals surface area contributed by atoms with Crippen molar-refractivity contribution in [2.75, 3.05) is 13.2 Å². The number of carbonyl (C=O) groups is 3. The van der Waals surface area contributed by atoms with Crippen molar-refractivity contribution in [1.82, 2.24) is 10.6 Å². The number of amides is 2. The number of hydrogen-bond donors (Lipinski definition) is 2. The summed E-state index contributed by atoms with van der Waals surface area (Å²) in [6.45, 7) is 5.90. The molecule has 1 aromatic rings. The van der Waals surface area contributed by atoms with Crippen LogP contribution in [0.5, 0.6) is 0 Å². The highest BCUT2D eigenvalue weighted by molar-refractivity contribution is 5.88. The van der Waals surface area contributed by atoms with Crippen molar-refractivity contribution >= 4 is 17.8 Å². The average molecular weight is 389 g/mol. The first-order valence-corrected chi connectivity index (χ1v) is 9.99. The molecule has 2 amide bonds. The van der Waals surface area contributed by atoms with E-state index in [1.165, 1.54) is 0 Å². The van der Waals surface area contributed by atoms with E-state index in [0.717, 1.165) is 24.8 Å². The van der Waals surface area contributed by atoms with Crippen molar-refractivity contribution in [2.45, 2.75) is 64.8 Å².